The molecule has 3 aliphatic heterocycles. The van der Waals surface area contributed by atoms with Gasteiger partial charge in [-0.25, -0.2) is 11.4 Å². The number of hydrogen-bond acceptors (Lipinski definition) is 8. The zero-order chi connectivity index (χ0) is 32.3. The molecule has 244 valence electrons. The van der Waals surface area contributed by atoms with Gasteiger partial charge in [0.25, 0.3) is 0 Å². The van der Waals surface area contributed by atoms with Crippen molar-refractivity contribution in [2.24, 2.45) is 0 Å². The molecular formula is C35H44ClN7O3. The van der Waals surface area contributed by atoms with E-state index in [2.05, 4.69) is 43.8 Å². The quantitative estimate of drug-likeness (QED) is 0.287. The SMILES string of the molecule is [C-]#[N+]C[C@H]1CN(c2nc(OCCN3CCCCC3)nc3c2CCN(c2cccc4cccc(Cl)c24)C3)CCN1C(=O)OC(C)(C)C. The number of halogens is 1. The standard InChI is InChI=1S/C35H44ClN7O3/c1-35(2,3)46-34(44)43-19-18-42(23-26(43)22-37-4)32-27-14-17-41(30-13-9-11-25-10-8-12-28(36)31(25)30)24-29(27)38-33(39-32)45-21-20-40-15-6-5-7-16-40/h8-13,26H,5-7,14-24H2,1-3H3/t26-/m0/s1. The highest BCUT2D eigenvalue weighted by Gasteiger charge is 2.37. The molecule has 2 fully saturated rings. The third kappa shape index (κ3) is 7.26. The van der Waals surface area contributed by atoms with Crippen LogP contribution in [0.1, 0.15) is 51.3 Å². The summed E-state index contributed by atoms with van der Waals surface area (Å²) in [7, 11) is 0. The van der Waals surface area contributed by atoms with Gasteiger partial charge in [0, 0.05) is 49.4 Å². The number of benzene rings is 2. The smallest absolute Gasteiger partial charge is 0.410 e. The molecule has 4 heterocycles. The molecule has 3 aromatic rings. The van der Waals surface area contributed by atoms with Crippen molar-refractivity contribution >= 4 is 40.0 Å². The lowest BCUT2D eigenvalue weighted by molar-refractivity contribution is 0.0155. The molecule has 0 spiro atoms. The van der Waals surface area contributed by atoms with Crippen LogP contribution >= 0.6 is 11.6 Å². The molecule has 6 rings (SSSR count). The zero-order valence-corrected chi connectivity index (χ0v) is 27.9. The maximum Gasteiger partial charge on any atom is 0.410 e. The second kappa shape index (κ2) is 13.9. The van der Waals surface area contributed by atoms with Crippen LogP contribution < -0.4 is 14.5 Å². The highest BCUT2D eigenvalue weighted by molar-refractivity contribution is 6.36. The fourth-order valence-corrected chi connectivity index (χ4v) is 7.06. The Labute approximate surface area is 277 Å². The van der Waals surface area contributed by atoms with Crippen molar-refractivity contribution in [2.45, 2.75) is 64.6 Å². The Balaban J connectivity index is 1.29. The van der Waals surface area contributed by atoms with Gasteiger partial charge in [0.1, 0.15) is 24.1 Å². The van der Waals surface area contributed by atoms with E-state index in [-0.39, 0.29) is 18.7 Å². The van der Waals surface area contributed by atoms with Crippen LogP contribution in [0.2, 0.25) is 5.02 Å². The summed E-state index contributed by atoms with van der Waals surface area (Å²) in [4.78, 5) is 35.4. The van der Waals surface area contributed by atoms with Crippen LogP contribution in [0.3, 0.4) is 0 Å². The number of carbonyl (C=O) groups excluding carboxylic acids is 1. The first-order valence-electron chi connectivity index (χ1n) is 16.4. The van der Waals surface area contributed by atoms with Crippen LogP contribution in [0.25, 0.3) is 15.6 Å². The maximum atomic E-state index is 13.1. The van der Waals surface area contributed by atoms with E-state index >= 15 is 0 Å². The summed E-state index contributed by atoms with van der Waals surface area (Å²) >= 11 is 6.72. The van der Waals surface area contributed by atoms with Gasteiger partial charge in [-0.15, -0.1) is 0 Å². The predicted octanol–water partition coefficient (Wildman–Crippen LogP) is 6.06. The summed E-state index contributed by atoms with van der Waals surface area (Å²) in [5.74, 6) is 0.840. The Morgan fingerprint density at radius 2 is 1.80 bits per heavy atom. The van der Waals surface area contributed by atoms with Gasteiger partial charge in [-0.2, -0.15) is 9.97 Å². The van der Waals surface area contributed by atoms with E-state index in [4.69, 9.17) is 37.6 Å². The molecule has 0 bridgehead atoms. The molecule has 1 amide bonds. The summed E-state index contributed by atoms with van der Waals surface area (Å²) in [6.07, 6.45) is 4.13. The molecule has 2 aromatic carbocycles. The molecular weight excluding hydrogens is 602 g/mol. The van der Waals surface area contributed by atoms with Gasteiger partial charge in [0.15, 0.2) is 0 Å². The van der Waals surface area contributed by atoms with Crippen LogP contribution in [-0.2, 0) is 17.7 Å². The van der Waals surface area contributed by atoms with E-state index in [0.29, 0.717) is 38.8 Å². The van der Waals surface area contributed by atoms with E-state index in [1.165, 1.54) is 19.3 Å². The van der Waals surface area contributed by atoms with Gasteiger partial charge in [-0.1, -0.05) is 42.3 Å². The lowest BCUT2D eigenvalue weighted by Gasteiger charge is -2.41. The van der Waals surface area contributed by atoms with Crippen molar-refractivity contribution in [1.29, 1.82) is 0 Å². The molecule has 0 saturated carbocycles. The third-order valence-electron chi connectivity index (χ3n) is 8.99. The first-order chi connectivity index (χ1) is 22.2. The molecule has 0 radical (unpaired) electrons. The molecule has 0 unspecified atom stereocenters. The Hall–Kier alpha value is -3.81. The molecule has 3 aliphatic rings. The number of likely N-dealkylation sites (tertiary alicyclic amines) is 1. The second-order valence-electron chi connectivity index (χ2n) is 13.4. The van der Waals surface area contributed by atoms with Crippen molar-refractivity contribution in [1.82, 2.24) is 19.8 Å². The minimum absolute atomic E-state index is 0.192. The van der Waals surface area contributed by atoms with Crippen LogP contribution in [0.4, 0.5) is 16.3 Å². The van der Waals surface area contributed by atoms with Gasteiger partial charge in [-0.3, -0.25) is 9.80 Å². The summed E-state index contributed by atoms with van der Waals surface area (Å²) < 4.78 is 12.0. The minimum Gasteiger partial charge on any atom is -0.462 e. The number of piperidine rings is 1. The van der Waals surface area contributed by atoms with Crippen molar-refractivity contribution in [3.63, 3.8) is 0 Å². The highest BCUT2D eigenvalue weighted by Crippen LogP contribution is 2.37. The molecule has 46 heavy (non-hydrogen) atoms. The van der Waals surface area contributed by atoms with Crippen molar-refractivity contribution in [3.05, 3.63) is 64.1 Å². The molecule has 1 aromatic heterocycles. The van der Waals surface area contributed by atoms with E-state index in [1.807, 2.05) is 32.9 Å². The largest absolute Gasteiger partial charge is 0.462 e. The molecule has 10 nitrogen and oxygen atoms in total. The van der Waals surface area contributed by atoms with Crippen molar-refractivity contribution < 1.29 is 14.3 Å². The summed E-state index contributed by atoms with van der Waals surface area (Å²) in [5, 5.41) is 2.88. The molecule has 11 heteroatoms. The fraction of sp³-hybridized carbons (Fsp3) is 0.543. The Bertz CT molecular complexity index is 1590. The van der Waals surface area contributed by atoms with Gasteiger partial charge in [-0.05, 0) is 70.6 Å². The number of aromatic nitrogens is 2. The van der Waals surface area contributed by atoms with Crippen molar-refractivity contribution in [3.8, 4) is 6.01 Å². The summed E-state index contributed by atoms with van der Waals surface area (Å²) in [5.41, 5.74) is 2.51. The number of carbonyl (C=O) groups is 1. The van der Waals surface area contributed by atoms with E-state index < -0.39 is 5.60 Å². The third-order valence-corrected chi connectivity index (χ3v) is 9.31. The molecule has 0 N–H and O–H groups in total. The zero-order valence-electron chi connectivity index (χ0n) is 27.2. The maximum absolute atomic E-state index is 13.1. The van der Waals surface area contributed by atoms with Gasteiger partial charge in [0.2, 0.25) is 6.54 Å². The second-order valence-corrected chi connectivity index (χ2v) is 13.8. The van der Waals surface area contributed by atoms with Gasteiger partial charge < -0.3 is 24.1 Å². The normalized spacial score (nSPS) is 19.1. The van der Waals surface area contributed by atoms with Crippen LogP contribution in [0.15, 0.2) is 36.4 Å². The summed E-state index contributed by atoms with van der Waals surface area (Å²) in [6, 6.07) is 12.4. The number of ether oxygens (including phenoxy) is 2. The topological polar surface area (TPSA) is 78.6 Å². The number of piperazine rings is 1. The Kier molecular flexibility index (Phi) is 9.71. The predicted molar refractivity (Wildman–Crippen MR) is 182 cm³/mol. The molecule has 2 saturated heterocycles. The van der Waals surface area contributed by atoms with Crippen LogP contribution in [0.5, 0.6) is 6.01 Å². The monoisotopic (exact) mass is 645 g/mol. The lowest BCUT2D eigenvalue weighted by atomic mass is 10.0. The first kappa shape index (κ1) is 32.1. The highest BCUT2D eigenvalue weighted by atomic mass is 35.5. The molecule has 0 aliphatic carbocycles. The number of anilines is 2. The lowest BCUT2D eigenvalue weighted by Crippen LogP contribution is -2.57. The molecule has 1 atom stereocenters. The Morgan fingerprint density at radius 1 is 1.02 bits per heavy atom. The van der Waals surface area contributed by atoms with Gasteiger partial charge in [0.05, 0.1) is 17.3 Å². The van der Waals surface area contributed by atoms with Gasteiger partial charge >= 0.3 is 12.1 Å². The summed E-state index contributed by atoms with van der Waals surface area (Å²) in [6.45, 7) is 19.8. The average Bonchev–Trinajstić information content (AvgIpc) is 3.04. The number of nitrogens with zero attached hydrogens (tertiary/aromatic N) is 7. The number of rotatable bonds is 7. The number of hydrogen-bond donors (Lipinski definition) is 0. The first-order valence-corrected chi connectivity index (χ1v) is 16.8. The number of amides is 1. The average molecular weight is 646 g/mol. The number of fused-ring (bicyclic) bond motifs is 2. The minimum atomic E-state index is -0.608. The van der Waals surface area contributed by atoms with E-state index in [0.717, 1.165) is 71.2 Å². The van der Waals surface area contributed by atoms with E-state index in [1.54, 1.807) is 4.90 Å². The van der Waals surface area contributed by atoms with Crippen LogP contribution in [-0.4, -0.2) is 96.5 Å². The van der Waals surface area contributed by atoms with E-state index in [9.17, 15) is 4.79 Å². The Morgan fingerprint density at radius 3 is 2.57 bits per heavy atom. The van der Waals surface area contributed by atoms with Crippen LogP contribution in [0, 0.1) is 6.57 Å². The fourth-order valence-electron chi connectivity index (χ4n) is 6.78. The van der Waals surface area contributed by atoms with Crippen molar-refractivity contribution in [2.75, 3.05) is 68.8 Å².